The molecule has 0 aliphatic carbocycles. The van der Waals surface area contributed by atoms with Crippen molar-refractivity contribution in [3.63, 3.8) is 0 Å². The van der Waals surface area contributed by atoms with Crippen LogP contribution in [0.3, 0.4) is 0 Å². The molecule has 0 atom stereocenters. The van der Waals surface area contributed by atoms with E-state index in [1.54, 1.807) is 18.2 Å². The molecule has 4 rings (SSSR count). The van der Waals surface area contributed by atoms with Gasteiger partial charge in [0, 0.05) is 22.4 Å². The number of benzene rings is 3. The Bertz CT molecular complexity index is 1210. The molecule has 0 radical (unpaired) electrons. The van der Waals surface area contributed by atoms with Crippen LogP contribution >= 0.6 is 0 Å². The van der Waals surface area contributed by atoms with Crippen molar-refractivity contribution in [3.05, 3.63) is 66.2 Å². The quantitative estimate of drug-likeness (QED) is 0.522. The SMILES string of the molecule is COc1cc2c(cc1NC(=O)COc1ccc(C(N)=O)cc1)oc1ccccc12. The zero-order valence-electron chi connectivity index (χ0n) is 15.6. The summed E-state index contributed by atoms with van der Waals surface area (Å²) in [6.45, 7) is -0.211. The molecule has 0 spiro atoms. The van der Waals surface area contributed by atoms with Gasteiger partial charge in [-0.25, -0.2) is 0 Å². The molecular formula is C22H18N2O5. The Morgan fingerprint density at radius 3 is 2.48 bits per heavy atom. The smallest absolute Gasteiger partial charge is 0.262 e. The molecule has 0 saturated heterocycles. The van der Waals surface area contributed by atoms with E-state index < -0.39 is 5.91 Å². The third-order valence-electron chi connectivity index (χ3n) is 4.48. The lowest BCUT2D eigenvalue weighted by Crippen LogP contribution is -2.20. The molecule has 0 unspecified atom stereocenters. The monoisotopic (exact) mass is 390 g/mol. The maximum Gasteiger partial charge on any atom is 0.262 e. The molecule has 29 heavy (non-hydrogen) atoms. The molecule has 3 aromatic carbocycles. The van der Waals surface area contributed by atoms with Gasteiger partial charge >= 0.3 is 0 Å². The first kappa shape index (κ1) is 18.4. The van der Waals surface area contributed by atoms with Crippen LogP contribution in [0.25, 0.3) is 21.9 Å². The highest BCUT2D eigenvalue weighted by molar-refractivity contribution is 6.07. The van der Waals surface area contributed by atoms with E-state index in [1.807, 2.05) is 30.3 Å². The number of para-hydroxylation sites is 1. The summed E-state index contributed by atoms with van der Waals surface area (Å²) in [5.74, 6) is 0.0770. The summed E-state index contributed by atoms with van der Waals surface area (Å²) < 4.78 is 16.7. The highest BCUT2D eigenvalue weighted by Crippen LogP contribution is 2.36. The lowest BCUT2D eigenvalue weighted by Gasteiger charge is -2.11. The van der Waals surface area contributed by atoms with Crippen LogP contribution in [-0.4, -0.2) is 25.5 Å². The molecule has 146 valence electrons. The molecule has 2 amide bonds. The summed E-state index contributed by atoms with van der Waals surface area (Å²) in [6, 6.07) is 17.5. The van der Waals surface area contributed by atoms with Gasteiger partial charge in [0.15, 0.2) is 6.61 Å². The highest BCUT2D eigenvalue weighted by Gasteiger charge is 2.14. The van der Waals surface area contributed by atoms with Crippen LogP contribution in [0.4, 0.5) is 5.69 Å². The third-order valence-corrected chi connectivity index (χ3v) is 4.48. The van der Waals surface area contributed by atoms with Gasteiger partial charge in [0.25, 0.3) is 5.91 Å². The van der Waals surface area contributed by atoms with Crippen molar-refractivity contribution in [1.82, 2.24) is 0 Å². The van der Waals surface area contributed by atoms with Crippen LogP contribution in [-0.2, 0) is 4.79 Å². The number of primary amides is 1. The molecule has 3 N–H and O–H groups in total. The lowest BCUT2D eigenvalue weighted by molar-refractivity contribution is -0.118. The van der Waals surface area contributed by atoms with Gasteiger partial charge in [0.1, 0.15) is 22.7 Å². The number of fused-ring (bicyclic) bond motifs is 3. The van der Waals surface area contributed by atoms with Gasteiger partial charge in [-0.1, -0.05) is 18.2 Å². The summed E-state index contributed by atoms with van der Waals surface area (Å²) in [6.07, 6.45) is 0. The number of methoxy groups -OCH3 is 1. The maximum atomic E-state index is 12.3. The fourth-order valence-corrected chi connectivity index (χ4v) is 3.07. The number of furan rings is 1. The summed E-state index contributed by atoms with van der Waals surface area (Å²) in [4.78, 5) is 23.4. The number of hydrogen-bond donors (Lipinski definition) is 2. The standard InChI is InChI=1S/C22H18N2O5/c1-27-20-10-16-15-4-2-3-5-18(15)29-19(16)11-17(20)24-21(25)12-28-14-8-6-13(7-9-14)22(23)26/h2-11H,12H2,1H3,(H2,23,26)(H,24,25). The summed E-state index contributed by atoms with van der Waals surface area (Å²) in [7, 11) is 1.54. The first-order valence-corrected chi connectivity index (χ1v) is 8.87. The minimum atomic E-state index is -0.526. The molecule has 7 heteroatoms. The number of carbonyl (C=O) groups excluding carboxylic acids is 2. The lowest BCUT2D eigenvalue weighted by atomic mass is 10.1. The highest BCUT2D eigenvalue weighted by atomic mass is 16.5. The van der Waals surface area contributed by atoms with Gasteiger partial charge in [0.2, 0.25) is 5.91 Å². The Labute approximate surface area is 166 Å². The van der Waals surface area contributed by atoms with E-state index in [0.29, 0.717) is 28.3 Å². The van der Waals surface area contributed by atoms with Crippen molar-refractivity contribution in [3.8, 4) is 11.5 Å². The second-order valence-electron chi connectivity index (χ2n) is 6.37. The molecule has 0 saturated carbocycles. The van der Waals surface area contributed by atoms with Crippen LogP contribution < -0.4 is 20.5 Å². The van der Waals surface area contributed by atoms with E-state index in [-0.39, 0.29) is 12.5 Å². The number of nitrogens with one attached hydrogen (secondary N) is 1. The second kappa shape index (κ2) is 7.55. The van der Waals surface area contributed by atoms with E-state index in [9.17, 15) is 9.59 Å². The maximum absolute atomic E-state index is 12.3. The van der Waals surface area contributed by atoms with E-state index in [4.69, 9.17) is 19.6 Å². The van der Waals surface area contributed by atoms with Crippen molar-refractivity contribution < 1.29 is 23.5 Å². The molecule has 0 bridgehead atoms. The van der Waals surface area contributed by atoms with Gasteiger partial charge in [-0.2, -0.15) is 0 Å². The first-order chi connectivity index (χ1) is 14.0. The minimum absolute atomic E-state index is 0.211. The van der Waals surface area contributed by atoms with E-state index in [2.05, 4.69) is 5.32 Å². The van der Waals surface area contributed by atoms with Gasteiger partial charge in [-0.3, -0.25) is 9.59 Å². The zero-order chi connectivity index (χ0) is 20.4. The molecular weight excluding hydrogens is 372 g/mol. The number of nitrogens with two attached hydrogens (primary N) is 1. The fraction of sp³-hybridized carbons (Fsp3) is 0.0909. The van der Waals surface area contributed by atoms with Crippen LogP contribution in [0.15, 0.2) is 65.1 Å². The zero-order valence-corrected chi connectivity index (χ0v) is 15.6. The minimum Gasteiger partial charge on any atom is -0.495 e. The fourth-order valence-electron chi connectivity index (χ4n) is 3.07. The van der Waals surface area contributed by atoms with E-state index in [0.717, 1.165) is 16.4 Å². The molecule has 1 aromatic heterocycles. The Hall–Kier alpha value is -4.00. The average Bonchev–Trinajstić information content (AvgIpc) is 3.09. The normalized spacial score (nSPS) is 10.8. The predicted molar refractivity (Wildman–Crippen MR) is 109 cm³/mol. The Kier molecular flexibility index (Phi) is 4.78. The van der Waals surface area contributed by atoms with Crippen LogP contribution in [0, 0.1) is 0 Å². The first-order valence-electron chi connectivity index (χ1n) is 8.87. The number of rotatable bonds is 6. The summed E-state index contributed by atoms with van der Waals surface area (Å²) in [5, 5.41) is 4.65. The molecule has 0 fully saturated rings. The molecule has 7 nitrogen and oxygen atoms in total. The third kappa shape index (κ3) is 3.70. The van der Waals surface area contributed by atoms with Crippen molar-refractivity contribution in [2.45, 2.75) is 0 Å². The van der Waals surface area contributed by atoms with Crippen LogP contribution in [0.5, 0.6) is 11.5 Å². The Morgan fingerprint density at radius 2 is 1.76 bits per heavy atom. The van der Waals surface area contributed by atoms with Crippen LogP contribution in [0.1, 0.15) is 10.4 Å². The Morgan fingerprint density at radius 1 is 1.00 bits per heavy atom. The number of hydrogen-bond acceptors (Lipinski definition) is 5. The summed E-state index contributed by atoms with van der Waals surface area (Å²) >= 11 is 0. The second-order valence-corrected chi connectivity index (χ2v) is 6.37. The molecule has 4 aromatic rings. The number of carbonyl (C=O) groups is 2. The van der Waals surface area contributed by atoms with Gasteiger partial charge < -0.3 is 24.9 Å². The van der Waals surface area contributed by atoms with Gasteiger partial charge in [-0.15, -0.1) is 0 Å². The van der Waals surface area contributed by atoms with Crippen LogP contribution in [0.2, 0.25) is 0 Å². The molecule has 1 heterocycles. The molecule has 0 aliphatic rings. The average molecular weight is 390 g/mol. The van der Waals surface area contributed by atoms with Gasteiger partial charge in [-0.05, 0) is 36.4 Å². The topological polar surface area (TPSA) is 104 Å². The van der Waals surface area contributed by atoms with Crippen molar-refractivity contribution in [2.75, 3.05) is 19.0 Å². The van der Waals surface area contributed by atoms with Crippen molar-refractivity contribution in [2.24, 2.45) is 5.73 Å². The Balaban J connectivity index is 1.51. The summed E-state index contributed by atoms with van der Waals surface area (Å²) in [5.41, 5.74) is 7.45. The van der Waals surface area contributed by atoms with E-state index in [1.165, 1.54) is 19.2 Å². The van der Waals surface area contributed by atoms with E-state index >= 15 is 0 Å². The number of ether oxygens (including phenoxy) is 2. The predicted octanol–water partition coefficient (Wildman–Crippen LogP) is 3.71. The number of amides is 2. The number of anilines is 1. The largest absolute Gasteiger partial charge is 0.495 e. The van der Waals surface area contributed by atoms with Crippen molar-refractivity contribution in [1.29, 1.82) is 0 Å². The molecule has 0 aliphatic heterocycles. The van der Waals surface area contributed by atoms with Crippen molar-refractivity contribution >= 4 is 39.4 Å². The van der Waals surface area contributed by atoms with Gasteiger partial charge in [0.05, 0.1) is 12.8 Å².